The molecule has 3 aromatic rings. The Bertz CT molecular complexity index is 920. The molecule has 7 heteroatoms. The molecule has 3 rings (SSSR count). The molecule has 27 heavy (non-hydrogen) atoms. The van der Waals surface area contributed by atoms with Crippen LogP contribution < -0.4 is 10.1 Å². The van der Waals surface area contributed by atoms with Gasteiger partial charge in [-0.2, -0.15) is 5.10 Å². The highest BCUT2D eigenvalue weighted by Gasteiger charge is 2.18. The number of anilines is 1. The molecule has 1 aromatic carbocycles. The fourth-order valence-corrected chi connectivity index (χ4v) is 2.83. The molecule has 7 nitrogen and oxygen atoms in total. The third-order valence-electron chi connectivity index (χ3n) is 4.49. The normalized spacial score (nSPS) is 11.9. The number of amides is 1. The molecule has 0 aliphatic carbocycles. The summed E-state index contributed by atoms with van der Waals surface area (Å²) in [7, 11) is 1.92. The molecule has 140 valence electrons. The maximum atomic E-state index is 12.5. The summed E-state index contributed by atoms with van der Waals surface area (Å²) in [5.41, 5.74) is 3.91. The summed E-state index contributed by atoms with van der Waals surface area (Å²) in [6.45, 7) is 5.92. The SMILES string of the molecule is Cc1nn(C)c(C)c1C[C@@H](C)C(=O)Nc1ccc(Oc2ncccn2)cc1. The van der Waals surface area contributed by atoms with Crippen molar-refractivity contribution in [2.24, 2.45) is 13.0 Å². The molecule has 0 radical (unpaired) electrons. The highest BCUT2D eigenvalue weighted by Crippen LogP contribution is 2.21. The van der Waals surface area contributed by atoms with Gasteiger partial charge in [-0.1, -0.05) is 6.92 Å². The van der Waals surface area contributed by atoms with Crippen LogP contribution in [-0.2, 0) is 18.3 Å². The highest BCUT2D eigenvalue weighted by molar-refractivity contribution is 5.92. The van der Waals surface area contributed by atoms with Gasteiger partial charge in [0, 0.05) is 36.7 Å². The fourth-order valence-electron chi connectivity index (χ4n) is 2.83. The first kappa shape index (κ1) is 18.6. The average Bonchev–Trinajstić information content (AvgIpc) is 2.90. The van der Waals surface area contributed by atoms with Crippen molar-refractivity contribution in [1.29, 1.82) is 0 Å². The molecule has 0 saturated heterocycles. The fraction of sp³-hybridized carbons (Fsp3) is 0.300. The third-order valence-corrected chi connectivity index (χ3v) is 4.49. The number of rotatable bonds is 6. The molecule has 0 saturated carbocycles. The van der Waals surface area contributed by atoms with E-state index in [1.807, 2.05) is 32.5 Å². The smallest absolute Gasteiger partial charge is 0.321 e. The molecule has 1 atom stereocenters. The first-order chi connectivity index (χ1) is 12.9. The second-order valence-corrected chi connectivity index (χ2v) is 6.53. The van der Waals surface area contributed by atoms with Gasteiger partial charge in [-0.05, 0) is 56.2 Å². The molecule has 0 aliphatic rings. The lowest BCUT2D eigenvalue weighted by molar-refractivity contribution is -0.119. The van der Waals surface area contributed by atoms with Crippen LogP contribution in [0.3, 0.4) is 0 Å². The van der Waals surface area contributed by atoms with E-state index < -0.39 is 0 Å². The molecule has 2 heterocycles. The van der Waals surface area contributed by atoms with Gasteiger partial charge in [0.15, 0.2) is 0 Å². The number of nitrogens with one attached hydrogen (secondary N) is 1. The Morgan fingerprint density at radius 3 is 2.44 bits per heavy atom. The quantitative estimate of drug-likeness (QED) is 0.724. The van der Waals surface area contributed by atoms with Crippen LogP contribution in [0.2, 0.25) is 0 Å². The number of aromatic nitrogens is 4. The van der Waals surface area contributed by atoms with Crippen molar-refractivity contribution in [3.63, 3.8) is 0 Å². The molecule has 0 aliphatic heterocycles. The summed E-state index contributed by atoms with van der Waals surface area (Å²) in [4.78, 5) is 20.6. The highest BCUT2D eigenvalue weighted by atomic mass is 16.5. The first-order valence-corrected chi connectivity index (χ1v) is 8.79. The van der Waals surface area contributed by atoms with Crippen LogP contribution in [0, 0.1) is 19.8 Å². The van der Waals surface area contributed by atoms with Gasteiger partial charge in [-0.25, -0.2) is 9.97 Å². The lowest BCUT2D eigenvalue weighted by atomic mass is 9.99. The van der Waals surface area contributed by atoms with E-state index in [-0.39, 0.29) is 17.8 Å². The molecule has 2 aromatic heterocycles. The van der Waals surface area contributed by atoms with Gasteiger partial charge in [0.05, 0.1) is 5.69 Å². The van der Waals surface area contributed by atoms with E-state index >= 15 is 0 Å². The van der Waals surface area contributed by atoms with Crippen molar-refractivity contribution in [2.45, 2.75) is 27.2 Å². The van der Waals surface area contributed by atoms with Gasteiger partial charge in [0.2, 0.25) is 5.91 Å². The molecular weight excluding hydrogens is 342 g/mol. The van der Waals surface area contributed by atoms with Gasteiger partial charge in [0.1, 0.15) is 5.75 Å². The summed E-state index contributed by atoms with van der Waals surface area (Å²) in [5.74, 6) is 0.409. The maximum absolute atomic E-state index is 12.5. The van der Waals surface area contributed by atoms with E-state index in [2.05, 4.69) is 20.4 Å². The summed E-state index contributed by atoms with van der Waals surface area (Å²) in [6, 6.07) is 9.14. The molecule has 1 N–H and O–H groups in total. The topological polar surface area (TPSA) is 81.9 Å². The first-order valence-electron chi connectivity index (χ1n) is 8.79. The van der Waals surface area contributed by atoms with Crippen LogP contribution in [0.4, 0.5) is 5.69 Å². The zero-order chi connectivity index (χ0) is 19.4. The number of carbonyl (C=O) groups is 1. The zero-order valence-electron chi connectivity index (χ0n) is 15.9. The van der Waals surface area contributed by atoms with E-state index in [4.69, 9.17) is 4.74 Å². The number of carbonyl (C=O) groups excluding carboxylic acids is 1. The summed E-state index contributed by atoms with van der Waals surface area (Å²) < 4.78 is 7.40. The summed E-state index contributed by atoms with van der Waals surface area (Å²) in [6.07, 6.45) is 3.89. The Kier molecular flexibility index (Phi) is 5.49. The molecule has 0 bridgehead atoms. The standard InChI is InChI=1S/C20H23N5O2/c1-13(12-18-14(2)24-25(4)15(18)3)19(26)23-16-6-8-17(9-7-16)27-20-21-10-5-11-22-20/h5-11,13H,12H2,1-4H3,(H,23,26)/t13-/m1/s1. The molecular formula is C20H23N5O2. The number of nitrogens with zero attached hydrogens (tertiary/aromatic N) is 4. The van der Waals surface area contributed by atoms with Crippen molar-refractivity contribution < 1.29 is 9.53 Å². The van der Waals surface area contributed by atoms with Gasteiger partial charge in [-0.3, -0.25) is 9.48 Å². The Hall–Kier alpha value is -3.22. The number of ether oxygens (including phenoxy) is 1. The van der Waals surface area contributed by atoms with E-state index in [1.165, 1.54) is 0 Å². The second kappa shape index (κ2) is 7.99. The van der Waals surface area contributed by atoms with Gasteiger partial charge < -0.3 is 10.1 Å². The van der Waals surface area contributed by atoms with Crippen molar-refractivity contribution in [3.05, 3.63) is 59.7 Å². The maximum Gasteiger partial charge on any atom is 0.321 e. The number of benzene rings is 1. The second-order valence-electron chi connectivity index (χ2n) is 6.53. The van der Waals surface area contributed by atoms with Crippen LogP contribution in [0.5, 0.6) is 11.8 Å². The van der Waals surface area contributed by atoms with E-state index in [0.29, 0.717) is 17.9 Å². The number of aryl methyl sites for hydroxylation is 2. The van der Waals surface area contributed by atoms with Gasteiger partial charge in [0.25, 0.3) is 0 Å². The van der Waals surface area contributed by atoms with E-state index in [0.717, 1.165) is 17.0 Å². The van der Waals surface area contributed by atoms with E-state index in [1.54, 1.807) is 42.7 Å². The average molecular weight is 365 g/mol. The van der Waals surface area contributed by atoms with Crippen molar-refractivity contribution in [2.75, 3.05) is 5.32 Å². The largest absolute Gasteiger partial charge is 0.424 e. The Morgan fingerprint density at radius 2 is 1.85 bits per heavy atom. The lowest BCUT2D eigenvalue weighted by Crippen LogP contribution is -2.22. The molecule has 0 fully saturated rings. The van der Waals surface area contributed by atoms with Crippen molar-refractivity contribution in [3.8, 4) is 11.8 Å². The lowest BCUT2D eigenvalue weighted by Gasteiger charge is -2.13. The van der Waals surface area contributed by atoms with Crippen LogP contribution in [0.25, 0.3) is 0 Å². The van der Waals surface area contributed by atoms with Gasteiger partial charge in [-0.15, -0.1) is 0 Å². The van der Waals surface area contributed by atoms with Crippen LogP contribution in [0.1, 0.15) is 23.9 Å². The number of hydrogen-bond donors (Lipinski definition) is 1. The monoisotopic (exact) mass is 365 g/mol. The van der Waals surface area contributed by atoms with E-state index in [9.17, 15) is 4.79 Å². The van der Waals surface area contributed by atoms with Crippen LogP contribution in [-0.4, -0.2) is 25.7 Å². The minimum absolute atomic E-state index is 0.0299. The third kappa shape index (κ3) is 4.49. The predicted molar refractivity (Wildman–Crippen MR) is 103 cm³/mol. The summed E-state index contributed by atoms with van der Waals surface area (Å²) >= 11 is 0. The molecule has 0 spiro atoms. The van der Waals surface area contributed by atoms with Crippen molar-refractivity contribution >= 4 is 11.6 Å². The van der Waals surface area contributed by atoms with Gasteiger partial charge >= 0.3 is 6.01 Å². The minimum atomic E-state index is -0.166. The summed E-state index contributed by atoms with van der Waals surface area (Å²) in [5, 5.41) is 7.36. The predicted octanol–water partition coefficient (Wildman–Crippen LogP) is 3.44. The van der Waals surface area contributed by atoms with Crippen LogP contribution >= 0.6 is 0 Å². The Balaban J connectivity index is 1.60. The van der Waals surface area contributed by atoms with Crippen LogP contribution in [0.15, 0.2) is 42.7 Å². The van der Waals surface area contributed by atoms with Crippen molar-refractivity contribution in [1.82, 2.24) is 19.7 Å². The molecule has 1 amide bonds. The zero-order valence-corrected chi connectivity index (χ0v) is 15.9. The number of hydrogen-bond acceptors (Lipinski definition) is 5. The Morgan fingerprint density at radius 1 is 1.19 bits per heavy atom. The molecule has 0 unspecified atom stereocenters. The Labute approximate surface area is 158 Å². The minimum Gasteiger partial charge on any atom is -0.424 e.